The van der Waals surface area contributed by atoms with Gasteiger partial charge in [0.25, 0.3) is 0 Å². The predicted octanol–water partition coefficient (Wildman–Crippen LogP) is 2.58. The van der Waals surface area contributed by atoms with Crippen molar-refractivity contribution in [3.63, 3.8) is 0 Å². The van der Waals surface area contributed by atoms with Crippen molar-refractivity contribution in [3.05, 3.63) is 0 Å². The first-order valence-electron chi connectivity index (χ1n) is 7.06. The summed E-state index contributed by atoms with van der Waals surface area (Å²) in [5, 5.41) is 0. The van der Waals surface area contributed by atoms with E-state index in [0.29, 0.717) is 11.6 Å². The van der Waals surface area contributed by atoms with Crippen LogP contribution in [0.3, 0.4) is 0 Å². The Morgan fingerprint density at radius 3 is 2.71 bits per heavy atom. The number of thioether (sulfide) groups is 1. The topological polar surface area (TPSA) is 29.3 Å². The van der Waals surface area contributed by atoms with E-state index in [9.17, 15) is 0 Å². The first-order valence-corrected chi connectivity index (χ1v) is 8.45. The smallest absolute Gasteiger partial charge is 0.0362 e. The zero-order chi connectivity index (χ0) is 12.5. The molecule has 2 aliphatic carbocycles. The summed E-state index contributed by atoms with van der Waals surface area (Å²) >= 11 is 1.95. The molecule has 0 radical (unpaired) electrons. The Morgan fingerprint density at radius 1 is 1.47 bits per heavy atom. The third-order valence-corrected chi connectivity index (χ3v) is 6.04. The van der Waals surface area contributed by atoms with Crippen molar-refractivity contribution in [2.75, 3.05) is 25.6 Å². The highest BCUT2D eigenvalue weighted by Crippen LogP contribution is 2.53. The minimum atomic E-state index is 0.334. The van der Waals surface area contributed by atoms with E-state index in [1.165, 1.54) is 37.9 Å². The molecule has 0 aromatic carbocycles. The number of rotatable bonds is 6. The van der Waals surface area contributed by atoms with E-state index >= 15 is 0 Å². The van der Waals surface area contributed by atoms with Gasteiger partial charge < -0.3 is 5.73 Å². The fourth-order valence-electron chi connectivity index (χ4n) is 4.16. The third kappa shape index (κ3) is 2.39. The lowest BCUT2D eigenvalue weighted by Crippen LogP contribution is -2.58. The standard InChI is InChI=1S/C14H28N2S/c1-11(6-7-17-3)16(2)14(10-15)9-12-4-5-13(14)8-12/h11-13H,4-10,15H2,1-3H3. The predicted molar refractivity (Wildman–Crippen MR) is 77.5 cm³/mol. The summed E-state index contributed by atoms with van der Waals surface area (Å²) in [6.07, 6.45) is 9.16. The van der Waals surface area contributed by atoms with Gasteiger partial charge in [-0.15, -0.1) is 0 Å². The number of hydrogen-bond acceptors (Lipinski definition) is 3. The Kier molecular flexibility index (Phi) is 4.43. The van der Waals surface area contributed by atoms with Crippen molar-refractivity contribution >= 4 is 11.8 Å². The fourth-order valence-corrected chi connectivity index (χ4v) is 4.74. The van der Waals surface area contributed by atoms with Crippen LogP contribution in [0.2, 0.25) is 0 Å². The van der Waals surface area contributed by atoms with Gasteiger partial charge >= 0.3 is 0 Å². The van der Waals surface area contributed by atoms with Crippen LogP contribution in [-0.2, 0) is 0 Å². The highest BCUT2D eigenvalue weighted by Gasteiger charge is 2.52. The molecule has 2 fully saturated rings. The van der Waals surface area contributed by atoms with E-state index in [4.69, 9.17) is 5.73 Å². The fraction of sp³-hybridized carbons (Fsp3) is 1.00. The first kappa shape index (κ1) is 13.7. The molecule has 4 atom stereocenters. The molecule has 17 heavy (non-hydrogen) atoms. The van der Waals surface area contributed by atoms with E-state index < -0.39 is 0 Å². The van der Waals surface area contributed by atoms with E-state index in [2.05, 4.69) is 25.1 Å². The zero-order valence-electron chi connectivity index (χ0n) is 11.6. The lowest BCUT2D eigenvalue weighted by Gasteiger charge is -2.47. The molecule has 2 rings (SSSR count). The minimum absolute atomic E-state index is 0.334. The summed E-state index contributed by atoms with van der Waals surface area (Å²) in [6.45, 7) is 3.23. The van der Waals surface area contributed by atoms with Crippen molar-refractivity contribution in [2.24, 2.45) is 17.6 Å². The van der Waals surface area contributed by atoms with Crippen LogP contribution in [0.4, 0.5) is 0 Å². The average molecular weight is 256 g/mol. The van der Waals surface area contributed by atoms with Gasteiger partial charge in [0, 0.05) is 18.1 Å². The summed E-state index contributed by atoms with van der Waals surface area (Å²) in [5.41, 5.74) is 6.51. The molecule has 0 aromatic rings. The molecule has 0 amide bonds. The Morgan fingerprint density at radius 2 is 2.24 bits per heavy atom. The molecule has 2 N–H and O–H groups in total. The number of likely N-dealkylation sites (N-methyl/N-ethyl adjacent to an activating group) is 1. The van der Waals surface area contributed by atoms with Crippen LogP contribution in [0.1, 0.15) is 39.0 Å². The van der Waals surface area contributed by atoms with Gasteiger partial charge in [0.2, 0.25) is 0 Å². The molecule has 4 unspecified atom stereocenters. The van der Waals surface area contributed by atoms with E-state index in [0.717, 1.165) is 18.4 Å². The van der Waals surface area contributed by atoms with Crippen LogP contribution in [0.5, 0.6) is 0 Å². The lowest BCUT2D eigenvalue weighted by atomic mass is 9.79. The number of fused-ring (bicyclic) bond motifs is 2. The van der Waals surface area contributed by atoms with Gasteiger partial charge in [-0.25, -0.2) is 0 Å². The molecule has 0 saturated heterocycles. The van der Waals surface area contributed by atoms with Gasteiger partial charge in [0.05, 0.1) is 0 Å². The third-order valence-electron chi connectivity index (χ3n) is 5.40. The molecule has 2 nitrogen and oxygen atoms in total. The summed E-state index contributed by atoms with van der Waals surface area (Å²) in [4.78, 5) is 2.63. The summed E-state index contributed by atoms with van der Waals surface area (Å²) < 4.78 is 0. The maximum atomic E-state index is 6.18. The lowest BCUT2D eigenvalue weighted by molar-refractivity contribution is 0.0338. The SMILES string of the molecule is CSCCC(C)N(C)C1(CN)CC2CCC1C2. The van der Waals surface area contributed by atoms with Gasteiger partial charge in [-0.05, 0) is 63.5 Å². The number of nitrogens with two attached hydrogens (primary N) is 1. The van der Waals surface area contributed by atoms with Crippen molar-refractivity contribution < 1.29 is 0 Å². The van der Waals surface area contributed by atoms with Crippen LogP contribution >= 0.6 is 11.8 Å². The van der Waals surface area contributed by atoms with Crippen molar-refractivity contribution in [2.45, 2.75) is 50.6 Å². The van der Waals surface area contributed by atoms with Gasteiger partial charge in [0.1, 0.15) is 0 Å². The highest BCUT2D eigenvalue weighted by atomic mass is 32.2. The van der Waals surface area contributed by atoms with Crippen LogP contribution in [0.15, 0.2) is 0 Å². The largest absolute Gasteiger partial charge is 0.329 e. The maximum absolute atomic E-state index is 6.18. The second-order valence-corrected chi connectivity index (χ2v) is 7.11. The molecule has 0 aliphatic heterocycles. The van der Waals surface area contributed by atoms with Crippen LogP contribution < -0.4 is 5.73 Å². The highest BCUT2D eigenvalue weighted by molar-refractivity contribution is 7.98. The normalized spacial score (nSPS) is 37.9. The van der Waals surface area contributed by atoms with Crippen LogP contribution in [-0.4, -0.2) is 42.1 Å². The van der Waals surface area contributed by atoms with E-state index in [1.54, 1.807) is 0 Å². The molecule has 0 heterocycles. The van der Waals surface area contributed by atoms with Gasteiger partial charge in [-0.1, -0.05) is 6.42 Å². The van der Waals surface area contributed by atoms with Gasteiger partial charge in [-0.2, -0.15) is 11.8 Å². The Hall–Kier alpha value is 0.270. The summed E-state index contributed by atoms with van der Waals surface area (Å²) in [5.74, 6) is 3.11. The molecule has 2 aliphatic rings. The Labute approximate surface area is 111 Å². The molecule has 2 saturated carbocycles. The summed E-state index contributed by atoms with van der Waals surface area (Å²) in [6, 6.07) is 0.672. The molecule has 100 valence electrons. The Balaban J connectivity index is 2.02. The average Bonchev–Trinajstić information content (AvgIpc) is 2.95. The van der Waals surface area contributed by atoms with E-state index in [-0.39, 0.29) is 0 Å². The molecule has 0 spiro atoms. The molecule has 2 bridgehead atoms. The summed E-state index contributed by atoms with van der Waals surface area (Å²) in [7, 11) is 2.32. The van der Waals surface area contributed by atoms with Gasteiger partial charge in [-0.3, -0.25) is 4.90 Å². The van der Waals surface area contributed by atoms with E-state index in [1.807, 2.05) is 11.8 Å². The first-order chi connectivity index (χ1) is 8.14. The van der Waals surface area contributed by atoms with Gasteiger partial charge in [0.15, 0.2) is 0 Å². The number of nitrogens with zero attached hydrogens (tertiary/aromatic N) is 1. The van der Waals surface area contributed by atoms with Crippen molar-refractivity contribution in [1.29, 1.82) is 0 Å². The second-order valence-electron chi connectivity index (χ2n) is 6.13. The molecule has 3 heteroatoms. The van der Waals surface area contributed by atoms with Crippen LogP contribution in [0, 0.1) is 11.8 Å². The monoisotopic (exact) mass is 256 g/mol. The number of hydrogen-bond donors (Lipinski definition) is 1. The van der Waals surface area contributed by atoms with Crippen molar-refractivity contribution in [3.8, 4) is 0 Å². The molecular formula is C14H28N2S. The zero-order valence-corrected chi connectivity index (χ0v) is 12.4. The molecular weight excluding hydrogens is 228 g/mol. The second kappa shape index (κ2) is 5.50. The van der Waals surface area contributed by atoms with Crippen LogP contribution in [0.25, 0.3) is 0 Å². The quantitative estimate of drug-likeness (QED) is 0.792. The Bertz CT molecular complexity index is 259. The van der Waals surface area contributed by atoms with Crippen molar-refractivity contribution in [1.82, 2.24) is 4.90 Å². The minimum Gasteiger partial charge on any atom is -0.329 e. The molecule has 0 aromatic heterocycles. The maximum Gasteiger partial charge on any atom is 0.0362 e.